The molecule has 0 radical (unpaired) electrons. The molecule has 0 bridgehead atoms. The SMILES string of the molecule is CC.CC.CC(C)(C)c1ccc(Nc2ccc(C(C)(C)C)cc2)cc1. The molecule has 0 aliphatic heterocycles. The third kappa shape index (κ3) is 7.77. The number of hydrogen-bond donors (Lipinski definition) is 1. The predicted octanol–water partition coefficient (Wildman–Crippen LogP) is 8.08. The molecule has 25 heavy (non-hydrogen) atoms. The predicted molar refractivity (Wildman–Crippen MR) is 116 cm³/mol. The van der Waals surface area contributed by atoms with E-state index in [0.717, 1.165) is 11.4 Å². The summed E-state index contributed by atoms with van der Waals surface area (Å²) in [5.41, 5.74) is 5.38. The monoisotopic (exact) mass is 341 g/mol. The van der Waals surface area contributed by atoms with E-state index in [4.69, 9.17) is 0 Å². The first-order valence-electron chi connectivity index (χ1n) is 9.64. The van der Waals surface area contributed by atoms with Gasteiger partial charge in [0.1, 0.15) is 0 Å². The zero-order chi connectivity index (χ0) is 19.7. The van der Waals surface area contributed by atoms with Gasteiger partial charge in [0, 0.05) is 11.4 Å². The van der Waals surface area contributed by atoms with Crippen LogP contribution in [0.4, 0.5) is 11.4 Å². The minimum Gasteiger partial charge on any atom is -0.356 e. The van der Waals surface area contributed by atoms with Crippen LogP contribution < -0.4 is 5.32 Å². The van der Waals surface area contributed by atoms with Gasteiger partial charge in [-0.15, -0.1) is 0 Å². The summed E-state index contributed by atoms with van der Waals surface area (Å²) in [6.07, 6.45) is 0. The van der Waals surface area contributed by atoms with E-state index in [1.807, 2.05) is 27.7 Å². The molecule has 1 heteroatoms. The standard InChI is InChI=1S/C20H27N.2C2H6/c1-19(2,3)15-7-11-17(12-8-15)21-18-13-9-16(10-14-18)20(4,5)6;2*1-2/h7-14,21H,1-6H3;2*1-2H3. The molecule has 1 N–H and O–H groups in total. The van der Waals surface area contributed by atoms with Crippen LogP contribution in [0.1, 0.15) is 80.4 Å². The van der Waals surface area contributed by atoms with Crippen LogP contribution >= 0.6 is 0 Å². The molecule has 0 fully saturated rings. The normalized spacial score (nSPS) is 10.8. The Morgan fingerprint density at radius 2 is 0.720 bits per heavy atom. The van der Waals surface area contributed by atoms with Gasteiger partial charge in [-0.05, 0) is 46.2 Å². The van der Waals surface area contributed by atoms with Gasteiger partial charge in [0.15, 0.2) is 0 Å². The Hall–Kier alpha value is -1.76. The third-order valence-corrected chi connectivity index (χ3v) is 3.79. The summed E-state index contributed by atoms with van der Waals surface area (Å²) in [4.78, 5) is 0. The number of rotatable bonds is 2. The smallest absolute Gasteiger partial charge is 0.0384 e. The molecule has 0 aromatic heterocycles. The van der Waals surface area contributed by atoms with E-state index in [2.05, 4.69) is 95.4 Å². The van der Waals surface area contributed by atoms with Gasteiger partial charge in [0.25, 0.3) is 0 Å². The maximum absolute atomic E-state index is 3.46. The van der Waals surface area contributed by atoms with Gasteiger partial charge in [0.05, 0.1) is 0 Å². The highest BCUT2D eigenvalue weighted by atomic mass is 14.9. The largest absolute Gasteiger partial charge is 0.356 e. The maximum Gasteiger partial charge on any atom is 0.0384 e. The van der Waals surface area contributed by atoms with Crippen molar-refractivity contribution in [3.05, 3.63) is 59.7 Å². The van der Waals surface area contributed by atoms with Crippen molar-refractivity contribution in [1.82, 2.24) is 0 Å². The van der Waals surface area contributed by atoms with E-state index < -0.39 is 0 Å². The van der Waals surface area contributed by atoms with Gasteiger partial charge in [-0.25, -0.2) is 0 Å². The molecule has 2 aromatic carbocycles. The lowest BCUT2D eigenvalue weighted by Crippen LogP contribution is -2.11. The van der Waals surface area contributed by atoms with E-state index in [1.54, 1.807) is 0 Å². The summed E-state index contributed by atoms with van der Waals surface area (Å²) < 4.78 is 0. The number of nitrogens with one attached hydrogen (secondary N) is 1. The van der Waals surface area contributed by atoms with Crippen molar-refractivity contribution in [3.8, 4) is 0 Å². The topological polar surface area (TPSA) is 12.0 Å². The second-order valence-electron chi connectivity index (χ2n) is 7.78. The molecule has 2 rings (SSSR count). The van der Waals surface area contributed by atoms with Crippen LogP contribution in [0.25, 0.3) is 0 Å². The lowest BCUT2D eigenvalue weighted by Gasteiger charge is -2.20. The van der Waals surface area contributed by atoms with Crippen LogP contribution in [0.3, 0.4) is 0 Å². The van der Waals surface area contributed by atoms with Crippen LogP contribution in [-0.2, 0) is 10.8 Å². The molecule has 0 aliphatic rings. The summed E-state index contributed by atoms with van der Waals surface area (Å²) in [5, 5.41) is 3.46. The first-order chi connectivity index (χ1) is 11.7. The quantitative estimate of drug-likeness (QED) is 0.582. The Kier molecular flexibility index (Phi) is 9.56. The average molecular weight is 342 g/mol. The molecule has 0 heterocycles. The summed E-state index contributed by atoms with van der Waals surface area (Å²) in [6, 6.07) is 17.4. The zero-order valence-electron chi connectivity index (χ0n) is 18.1. The Bertz CT molecular complexity index is 522. The van der Waals surface area contributed by atoms with E-state index in [1.165, 1.54) is 11.1 Å². The molecule has 140 valence electrons. The van der Waals surface area contributed by atoms with Crippen molar-refractivity contribution in [2.75, 3.05) is 5.32 Å². The van der Waals surface area contributed by atoms with Crippen molar-refractivity contribution in [2.24, 2.45) is 0 Å². The van der Waals surface area contributed by atoms with Gasteiger partial charge < -0.3 is 5.32 Å². The molecule has 2 aromatic rings. The second kappa shape index (κ2) is 10.3. The van der Waals surface area contributed by atoms with Gasteiger partial charge in [-0.1, -0.05) is 93.5 Å². The number of anilines is 2. The first kappa shape index (κ1) is 23.2. The fourth-order valence-corrected chi connectivity index (χ4v) is 2.27. The Morgan fingerprint density at radius 1 is 0.480 bits per heavy atom. The molecular formula is C24H39N. The highest BCUT2D eigenvalue weighted by Crippen LogP contribution is 2.27. The van der Waals surface area contributed by atoms with E-state index in [-0.39, 0.29) is 10.8 Å². The minimum atomic E-state index is 0.201. The molecule has 0 atom stereocenters. The van der Waals surface area contributed by atoms with Crippen LogP contribution in [0.5, 0.6) is 0 Å². The Balaban J connectivity index is 0.00000134. The van der Waals surface area contributed by atoms with E-state index >= 15 is 0 Å². The molecule has 0 spiro atoms. The Labute approximate surface area is 156 Å². The zero-order valence-corrected chi connectivity index (χ0v) is 18.1. The fourth-order valence-electron chi connectivity index (χ4n) is 2.27. The second-order valence-corrected chi connectivity index (χ2v) is 7.78. The van der Waals surface area contributed by atoms with E-state index in [9.17, 15) is 0 Å². The lowest BCUT2D eigenvalue weighted by molar-refractivity contribution is 0.590. The Morgan fingerprint density at radius 3 is 0.920 bits per heavy atom. The summed E-state index contributed by atoms with van der Waals surface area (Å²) >= 11 is 0. The van der Waals surface area contributed by atoms with Crippen LogP contribution in [0, 0.1) is 0 Å². The van der Waals surface area contributed by atoms with Gasteiger partial charge in [-0.3, -0.25) is 0 Å². The van der Waals surface area contributed by atoms with Crippen molar-refractivity contribution >= 4 is 11.4 Å². The fraction of sp³-hybridized carbons (Fsp3) is 0.500. The van der Waals surface area contributed by atoms with Crippen molar-refractivity contribution in [1.29, 1.82) is 0 Å². The van der Waals surface area contributed by atoms with Crippen molar-refractivity contribution in [2.45, 2.75) is 80.1 Å². The molecule has 0 aliphatic carbocycles. The average Bonchev–Trinajstić information content (AvgIpc) is 2.58. The first-order valence-corrected chi connectivity index (χ1v) is 9.64. The minimum absolute atomic E-state index is 0.201. The summed E-state index contributed by atoms with van der Waals surface area (Å²) in [5.74, 6) is 0. The highest BCUT2D eigenvalue weighted by molar-refractivity contribution is 5.60. The highest BCUT2D eigenvalue weighted by Gasteiger charge is 2.14. The van der Waals surface area contributed by atoms with Crippen LogP contribution in [0.15, 0.2) is 48.5 Å². The van der Waals surface area contributed by atoms with Crippen LogP contribution in [0.2, 0.25) is 0 Å². The molecule has 0 amide bonds. The molecular weight excluding hydrogens is 302 g/mol. The van der Waals surface area contributed by atoms with Gasteiger partial charge >= 0.3 is 0 Å². The third-order valence-electron chi connectivity index (χ3n) is 3.79. The summed E-state index contributed by atoms with van der Waals surface area (Å²) in [7, 11) is 0. The number of benzene rings is 2. The van der Waals surface area contributed by atoms with Gasteiger partial charge in [-0.2, -0.15) is 0 Å². The van der Waals surface area contributed by atoms with Crippen molar-refractivity contribution in [3.63, 3.8) is 0 Å². The number of hydrogen-bond acceptors (Lipinski definition) is 1. The maximum atomic E-state index is 3.46. The summed E-state index contributed by atoms with van der Waals surface area (Å²) in [6.45, 7) is 21.4. The van der Waals surface area contributed by atoms with Crippen LogP contribution in [-0.4, -0.2) is 0 Å². The van der Waals surface area contributed by atoms with E-state index in [0.29, 0.717) is 0 Å². The molecule has 0 unspecified atom stereocenters. The molecule has 0 saturated carbocycles. The van der Waals surface area contributed by atoms with Crippen molar-refractivity contribution < 1.29 is 0 Å². The lowest BCUT2D eigenvalue weighted by atomic mass is 9.87. The molecule has 1 nitrogen and oxygen atoms in total. The molecule has 0 saturated heterocycles. The van der Waals surface area contributed by atoms with Gasteiger partial charge in [0.2, 0.25) is 0 Å².